The van der Waals surface area contributed by atoms with Crippen LogP contribution in [0.15, 0.2) is 24.4 Å². The quantitative estimate of drug-likeness (QED) is 0.774. The summed E-state index contributed by atoms with van der Waals surface area (Å²) in [4.78, 5) is 6.13. The molecule has 0 bridgehead atoms. The van der Waals surface area contributed by atoms with Crippen molar-refractivity contribution in [3.63, 3.8) is 0 Å². The Labute approximate surface area is 101 Å². The fraction of sp³-hybridized carbons (Fsp3) is 0.308. The van der Waals surface area contributed by atoms with E-state index in [0.717, 1.165) is 18.5 Å². The fourth-order valence-corrected chi connectivity index (χ4v) is 2.12. The molecule has 2 N–H and O–H groups in total. The zero-order chi connectivity index (χ0) is 11.5. The molecule has 0 radical (unpaired) electrons. The Bertz CT molecular complexity index is 537. The lowest BCUT2D eigenvalue weighted by molar-refractivity contribution is 1.04. The molecule has 0 aliphatic rings. The molecule has 1 aromatic carbocycles. The lowest BCUT2D eigenvalue weighted by atomic mass is 9.99. The number of nitrogens with one attached hydrogen (secondary N) is 2. The molecule has 2 rings (SSSR count). The average molecular weight is 232 g/mol. The zero-order valence-corrected chi connectivity index (χ0v) is 10.4. The van der Waals surface area contributed by atoms with E-state index in [1.165, 1.54) is 16.7 Å². The van der Waals surface area contributed by atoms with Crippen molar-refractivity contribution in [2.24, 2.45) is 0 Å². The van der Waals surface area contributed by atoms with Gasteiger partial charge in [-0.2, -0.15) is 0 Å². The van der Waals surface area contributed by atoms with E-state index in [-0.39, 0.29) is 0 Å². The highest BCUT2D eigenvalue weighted by Crippen LogP contribution is 2.21. The smallest absolute Gasteiger partial charge is 0.174 e. The minimum absolute atomic E-state index is 0.674. The predicted molar refractivity (Wildman–Crippen MR) is 70.2 cm³/mol. The van der Waals surface area contributed by atoms with E-state index in [9.17, 15) is 0 Å². The van der Waals surface area contributed by atoms with Gasteiger partial charge in [0.1, 0.15) is 0 Å². The molecule has 1 heterocycles. The van der Waals surface area contributed by atoms with Gasteiger partial charge in [0.15, 0.2) is 4.77 Å². The molecule has 2 nitrogen and oxygen atoms in total. The summed E-state index contributed by atoms with van der Waals surface area (Å²) < 4.78 is 0.674. The molecular weight excluding hydrogens is 216 g/mol. The Morgan fingerprint density at radius 1 is 1.12 bits per heavy atom. The van der Waals surface area contributed by atoms with Crippen molar-refractivity contribution in [3.8, 4) is 11.3 Å². The summed E-state index contributed by atoms with van der Waals surface area (Å²) in [6.45, 7) is 4.38. The van der Waals surface area contributed by atoms with E-state index in [1.54, 1.807) is 0 Å². The lowest BCUT2D eigenvalue weighted by Crippen LogP contribution is -1.91. The minimum atomic E-state index is 0.674. The molecule has 0 unspecified atom stereocenters. The maximum absolute atomic E-state index is 5.03. The van der Waals surface area contributed by atoms with Crippen LogP contribution in [0.3, 0.4) is 0 Å². The minimum Gasteiger partial charge on any atom is -0.337 e. The summed E-state index contributed by atoms with van der Waals surface area (Å²) in [5, 5.41) is 0. The summed E-state index contributed by atoms with van der Waals surface area (Å²) >= 11 is 5.03. The summed E-state index contributed by atoms with van der Waals surface area (Å²) in [6.07, 6.45) is 4.08. The van der Waals surface area contributed by atoms with Crippen LogP contribution in [-0.4, -0.2) is 9.97 Å². The number of hydrogen-bond acceptors (Lipinski definition) is 1. The average Bonchev–Trinajstić information content (AvgIpc) is 2.75. The zero-order valence-electron chi connectivity index (χ0n) is 9.63. The van der Waals surface area contributed by atoms with E-state index < -0.39 is 0 Å². The second-order valence-electron chi connectivity index (χ2n) is 3.85. The number of rotatable bonds is 3. The molecule has 1 aromatic heterocycles. The van der Waals surface area contributed by atoms with Crippen LogP contribution in [0.2, 0.25) is 0 Å². The van der Waals surface area contributed by atoms with Gasteiger partial charge in [0, 0.05) is 6.20 Å². The molecule has 0 aliphatic carbocycles. The molecular formula is C13H16N2S. The van der Waals surface area contributed by atoms with E-state index in [4.69, 9.17) is 12.2 Å². The topological polar surface area (TPSA) is 31.6 Å². The number of aryl methyl sites for hydroxylation is 2. The molecule has 0 aliphatic heterocycles. The first-order valence-corrected chi connectivity index (χ1v) is 6.05. The number of H-pyrrole nitrogens is 2. The Balaban J connectivity index is 2.47. The summed E-state index contributed by atoms with van der Waals surface area (Å²) in [7, 11) is 0. The third kappa shape index (κ3) is 2.09. The van der Waals surface area contributed by atoms with Gasteiger partial charge in [0.05, 0.1) is 5.69 Å². The van der Waals surface area contributed by atoms with Crippen LogP contribution in [0.1, 0.15) is 25.0 Å². The summed E-state index contributed by atoms with van der Waals surface area (Å²) in [6, 6.07) is 6.60. The van der Waals surface area contributed by atoms with Crippen LogP contribution >= 0.6 is 12.2 Å². The van der Waals surface area contributed by atoms with Gasteiger partial charge in [-0.3, -0.25) is 0 Å². The highest BCUT2D eigenvalue weighted by atomic mass is 32.1. The van der Waals surface area contributed by atoms with Gasteiger partial charge in [0.25, 0.3) is 0 Å². The van der Waals surface area contributed by atoms with E-state index in [2.05, 4.69) is 42.0 Å². The van der Waals surface area contributed by atoms with Crippen LogP contribution in [-0.2, 0) is 12.8 Å². The molecule has 3 heteroatoms. The lowest BCUT2D eigenvalue weighted by Gasteiger charge is -2.07. The van der Waals surface area contributed by atoms with Gasteiger partial charge in [0.2, 0.25) is 0 Å². The van der Waals surface area contributed by atoms with E-state index in [1.807, 2.05) is 6.20 Å². The first-order chi connectivity index (χ1) is 7.74. The van der Waals surface area contributed by atoms with Crippen LogP contribution in [0, 0.1) is 4.77 Å². The number of benzene rings is 1. The maximum Gasteiger partial charge on any atom is 0.174 e. The standard InChI is InChI=1S/C13H16N2S/c1-3-9-5-6-11(7-10(9)4-2)12-8-14-13(16)15-12/h5-8H,3-4H2,1-2H3,(H2,14,15,16). The van der Waals surface area contributed by atoms with Crippen molar-refractivity contribution < 1.29 is 0 Å². The Morgan fingerprint density at radius 3 is 2.44 bits per heavy atom. The second-order valence-corrected chi connectivity index (χ2v) is 4.26. The fourth-order valence-electron chi connectivity index (χ4n) is 1.96. The highest BCUT2D eigenvalue weighted by Gasteiger charge is 2.03. The molecule has 0 fully saturated rings. The van der Waals surface area contributed by atoms with E-state index >= 15 is 0 Å². The van der Waals surface area contributed by atoms with Crippen LogP contribution in [0.25, 0.3) is 11.3 Å². The van der Waals surface area contributed by atoms with Crippen LogP contribution in [0.5, 0.6) is 0 Å². The molecule has 0 saturated heterocycles. The molecule has 0 atom stereocenters. The van der Waals surface area contributed by atoms with Crippen molar-refractivity contribution in [2.75, 3.05) is 0 Å². The largest absolute Gasteiger partial charge is 0.337 e. The van der Waals surface area contributed by atoms with Crippen LogP contribution < -0.4 is 0 Å². The van der Waals surface area contributed by atoms with E-state index in [0.29, 0.717) is 4.77 Å². The highest BCUT2D eigenvalue weighted by molar-refractivity contribution is 7.71. The van der Waals surface area contributed by atoms with Gasteiger partial charge in [-0.25, -0.2) is 0 Å². The molecule has 0 spiro atoms. The number of imidazole rings is 1. The number of aromatic nitrogens is 2. The first kappa shape index (κ1) is 11.1. The second kappa shape index (κ2) is 4.66. The predicted octanol–water partition coefficient (Wildman–Crippen LogP) is 3.86. The molecule has 2 aromatic rings. The van der Waals surface area contributed by atoms with Crippen molar-refractivity contribution >= 4 is 12.2 Å². The summed E-state index contributed by atoms with van der Waals surface area (Å²) in [5.41, 5.74) is 5.10. The Kier molecular flexibility index (Phi) is 3.25. The normalized spacial score (nSPS) is 10.6. The van der Waals surface area contributed by atoms with Gasteiger partial charge in [-0.1, -0.05) is 26.0 Å². The van der Waals surface area contributed by atoms with Gasteiger partial charge < -0.3 is 9.97 Å². The number of hydrogen-bond donors (Lipinski definition) is 2. The molecule has 0 saturated carbocycles. The summed E-state index contributed by atoms with van der Waals surface area (Å²) in [5.74, 6) is 0. The van der Waals surface area contributed by atoms with Crippen molar-refractivity contribution in [1.82, 2.24) is 9.97 Å². The molecule has 0 amide bonds. The monoisotopic (exact) mass is 232 g/mol. The number of aromatic amines is 2. The van der Waals surface area contributed by atoms with Crippen LogP contribution in [0.4, 0.5) is 0 Å². The first-order valence-electron chi connectivity index (χ1n) is 5.64. The third-order valence-electron chi connectivity index (χ3n) is 2.87. The van der Waals surface area contributed by atoms with Crippen molar-refractivity contribution in [2.45, 2.75) is 26.7 Å². The van der Waals surface area contributed by atoms with Gasteiger partial charge in [-0.15, -0.1) is 0 Å². The van der Waals surface area contributed by atoms with Crippen molar-refractivity contribution in [3.05, 3.63) is 40.3 Å². The van der Waals surface area contributed by atoms with Crippen molar-refractivity contribution in [1.29, 1.82) is 0 Å². The van der Waals surface area contributed by atoms with Gasteiger partial charge in [-0.05, 0) is 47.8 Å². The van der Waals surface area contributed by atoms with Gasteiger partial charge >= 0.3 is 0 Å². The maximum atomic E-state index is 5.03. The Hall–Kier alpha value is -1.35. The molecule has 16 heavy (non-hydrogen) atoms. The SMILES string of the molecule is CCc1ccc(-c2c[nH]c(=S)[nH]2)cc1CC. The third-order valence-corrected chi connectivity index (χ3v) is 3.09. The molecule has 84 valence electrons. The Morgan fingerprint density at radius 2 is 1.88 bits per heavy atom.